The van der Waals surface area contributed by atoms with Gasteiger partial charge in [-0.15, -0.1) is 0 Å². The topological polar surface area (TPSA) is 101 Å². The summed E-state index contributed by atoms with van der Waals surface area (Å²) in [7, 11) is 1.24. The van der Waals surface area contributed by atoms with Gasteiger partial charge in [0.2, 0.25) is 0 Å². The van der Waals surface area contributed by atoms with Gasteiger partial charge in [-0.25, -0.2) is 9.78 Å². The molecule has 80 valence electrons. The van der Waals surface area contributed by atoms with Crippen LogP contribution in [0.1, 0.15) is 10.7 Å². The molecule has 0 aliphatic carbocycles. The normalized spacial score (nSPS) is 9.81. The zero-order valence-corrected chi connectivity index (χ0v) is 8.25. The Bertz CT molecular complexity index is 598. The maximum absolute atomic E-state index is 11.1. The second-order valence-corrected chi connectivity index (χ2v) is 2.85. The van der Waals surface area contributed by atoms with Gasteiger partial charge in [0.25, 0.3) is 0 Å². The predicted octanol–water partition coefficient (Wildman–Crippen LogP) is 2.56. The van der Waals surface area contributed by atoms with E-state index in [0.717, 1.165) is 0 Å². The lowest BCUT2D eigenvalue weighted by Crippen LogP contribution is -2.00. The number of hydrogen-bond acceptors (Lipinski definition) is 5. The molecule has 7 nitrogen and oxygen atoms in total. The number of benzene rings is 1. The largest absolute Gasteiger partial charge is 0.462 e. The number of azide groups is 1. The number of methoxy groups -OCH3 is 1. The minimum atomic E-state index is -0.651. The molecule has 0 aliphatic heterocycles. The van der Waals surface area contributed by atoms with Crippen LogP contribution in [0.3, 0.4) is 0 Å². The van der Waals surface area contributed by atoms with Gasteiger partial charge in [0.1, 0.15) is 5.52 Å². The standard InChI is InChI=1S/C9H6N4O3/c1-15-9(14)8-11-6-4-5(12-13-10)2-3-7(6)16-8/h2-4H,1H3. The Morgan fingerprint density at radius 2 is 2.44 bits per heavy atom. The van der Waals surface area contributed by atoms with Crippen LogP contribution in [0.15, 0.2) is 27.7 Å². The summed E-state index contributed by atoms with van der Waals surface area (Å²) >= 11 is 0. The molecular weight excluding hydrogens is 212 g/mol. The van der Waals surface area contributed by atoms with Gasteiger partial charge in [-0.3, -0.25) is 0 Å². The number of fused-ring (bicyclic) bond motifs is 1. The highest BCUT2D eigenvalue weighted by Gasteiger charge is 2.14. The Morgan fingerprint density at radius 3 is 3.12 bits per heavy atom. The van der Waals surface area contributed by atoms with E-state index in [-0.39, 0.29) is 5.89 Å². The van der Waals surface area contributed by atoms with E-state index in [4.69, 9.17) is 9.95 Å². The molecule has 0 amide bonds. The van der Waals surface area contributed by atoms with Gasteiger partial charge in [0.05, 0.1) is 7.11 Å². The molecule has 0 radical (unpaired) electrons. The average molecular weight is 218 g/mol. The summed E-state index contributed by atoms with van der Waals surface area (Å²) in [6.07, 6.45) is 0. The summed E-state index contributed by atoms with van der Waals surface area (Å²) in [5, 5.41) is 3.41. The lowest BCUT2D eigenvalue weighted by molar-refractivity contribution is 0.0559. The first-order chi connectivity index (χ1) is 7.74. The van der Waals surface area contributed by atoms with Crippen LogP contribution in [0.25, 0.3) is 21.5 Å². The van der Waals surface area contributed by atoms with Gasteiger partial charge in [-0.05, 0) is 23.7 Å². The summed E-state index contributed by atoms with van der Waals surface area (Å²) < 4.78 is 9.60. The maximum Gasteiger partial charge on any atom is 0.394 e. The number of nitrogens with zero attached hydrogens (tertiary/aromatic N) is 4. The van der Waals surface area contributed by atoms with E-state index < -0.39 is 5.97 Å². The Morgan fingerprint density at radius 1 is 1.62 bits per heavy atom. The number of hydrogen-bond donors (Lipinski definition) is 0. The molecule has 0 saturated carbocycles. The number of rotatable bonds is 2. The Labute approximate surface area is 89.3 Å². The Kier molecular flexibility index (Phi) is 2.45. The highest BCUT2D eigenvalue weighted by molar-refractivity contribution is 5.88. The van der Waals surface area contributed by atoms with Crippen LogP contribution in [0.4, 0.5) is 5.69 Å². The summed E-state index contributed by atoms with van der Waals surface area (Å²) in [6, 6.07) is 4.65. The SMILES string of the molecule is COC(=O)c1nc2cc(N=[N+]=[N-])ccc2o1. The molecule has 0 unspecified atom stereocenters. The number of esters is 1. The van der Waals surface area contributed by atoms with Crippen molar-refractivity contribution >= 4 is 22.8 Å². The first-order valence-electron chi connectivity index (χ1n) is 4.28. The zero-order valence-electron chi connectivity index (χ0n) is 8.25. The van der Waals surface area contributed by atoms with Crippen molar-refractivity contribution in [2.75, 3.05) is 7.11 Å². The quantitative estimate of drug-likeness (QED) is 0.334. The van der Waals surface area contributed by atoms with Gasteiger partial charge in [0.15, 0.2) is 5.58 Å². The van der Waals surface area contributed by atoms with E-state index in [9.17, 15) is 4.79 Å². The van der Waals surface area contributed by atoms with Crippen molar-refractivity contribution in [3.8, 4) is 0 Å². The maximum atomic E-state index is 11.1. The minimum Gasteiger partial charge on any atom is -0.462 e. The van der Waals surface area contributed by atoms with Gasteiger partial charge < -0.3 is 9.15 Å². The van der Waals surface area contributed by atoms with Crippen LogP contribution in [0, 0.1) is 0 Å². The van der Waals surface area contributed by atoms with Crippen LogP contribution in [0.2, 0.25) is 0 Å². The molecule has 1 aromatic carbocycles. The lowest BCUT2D eigenvalue weighted by Gasteiger charge is -1.88. The first-order valence-corrected chi connectivity index (χ1v) is 4.28. The molecule has 0 atom stereocenters. The number of ether oxygens (including phenoxy) is 1. The van der Waals surface area contributed by atoms with Crippen LogP contribution in [0.5, 0.6) is 0 Å². The monoisotopic (exact) mass is 218 g/mol. The summed E-state index contributed by atoms with van der Waals surface area (Å²) in [5.74, 6) is -0.780. The van der Waals surface area contributed by atoms with Crippen molar-refractivity contribution in [1.82, 2.24) is 4.98 Å². The van der Waals surface area contributed by atoms with Crippen molar-refractivity contribution < 1.29 is 13.9 Å². The van der Waals surface area contributed by atoms with E-state index in [1.54, 1.807) is 12.1 Å². The second kappa shape index (κ2) is 3.92. The summed E-state index contributed by atoms with van der Waals surface area (Å²) in [5.41, 5.74) is 9.53. The van der Waals surface area contributed by atoms with Gasteiger partial charge >= 0.3 is 11.9 Å². The fourth-order valence-corrected chi connectivity index (χ4v) is 1.20. The van der Waals surface area contributed by atoms with Crippen molar-refractivity contribution in [2.24, 2.45) is 5.11 Å². The Hall–Kier alpha value is -2.53. The van der Waals surface area contributed by atoms with Crippen molar-refractivity contribution in [1.29, 1.82) is 0 Å². The third kappa shape index (κ3) is 1.67. The zero-order chi connectivity index (χ0) is 11.5. The van der Waals surface area contributed by atoms with E-state index >= 15 is 0 Å². The fourth-order valence-electron chi connectivity index (χ4n) is 1.20. The third-order valence-corrected chi connectivity index (χ3v) is 1.89. The highest BCUT2D eigenvalue weighted by atomic mass is 16.5. The number of carbonyl (C=O) groups excluding carboxylic acids is 1. The van der Waals surface area contributed by atoms with Gasteiger partial charge in [0, 0.05) is 10.6 Å². The third-order valence-electron chi connectivity index (χ3n) is 1.89. The summed E-state index contributed by atoms with van der Waals surface area (Å²) in [6.45, 7) is 0. The molecular formula is C9H6N4O3. The number of carbonyl (C=O) groups is 1. The smallest absolute Gasteiger partial charge is 0.394 e. The Balaban J connectivity index is 2.53. The first kappa shape index (κ1) is 10.0. The van der Waals surface area contributed by atoms with Crippen molar-refractivity contribution in [3.05, 3.63) is 34.5 Å². The molecule has 1 aromatic heterocycles. The molecule has 7 heteroatoms. The molecule has 0 spiro atoms. The van der Waals surface area contributed by atoms with E-state index in [2.05, 4.69) is 19.7 Å². The van der Waals surface area contributed by atoms with E-state index in [0.29, 0.717) is 16.8 Å². The minimum absolute atomic E-state index is 0.129. The predicted molar refractivity (Wildman–Crippen MR) is 54.2 cm³/mol. The summed E-state index contributed by atoms with van der Waals surface area (Å²) in [4.78, 5) is 17.7. The molecule has 0 fully saturated rings. The van der Waals surface area contributed by atoms with Crippen LogP contribution < -0.4 is 0 Å². The van der Waals surface area contributed by atoms with Crippen LogP contribution in [-0.2, 0) is 4.74 Å². The average Bonchev–Trinajstić information content (AvgIpc) is 2.71. The van der Waals surface area contributed by atoms with Crippen LogP contribution >= 0.6 is 0 Å². The number of aromatic nitrogens is 1. The van der Waals surface area contributed by atoms with E-state index in [1.165, 1.54) is 13.2 Å². The van der Waals surface area contributed by atoms with Gasteiger partial charge in [-0.2, -0.15) is 0 Å². The molecule has 0 bridgehead atoms. The molecule has 16 heavy (non-hydrogen) atoms. The van der Waals surface area contributed by atoms with Crippen LogP contribution in [-0.4, -0.2) is 18.1 Å². The molecule has 0 saturated heterocycles. The molecule has 1 heterocycles. The molecule has 2 rings (SSSR count). The fraction of sp³-hybridized carbons (Fsp3) is 0.111. The lowest BCUT2D eigenvalue weighted by atomic mass is 10.3. The van der Waals surface area contributed by atoms with Crippen molar-refractivity contribution in [2.45, 2.75) is 0 Å². The molecule has 0 N–H and O–H groups in total. The number of oxazole rings is 1. The van der Waals surface area contributed by atoms with Crippen molar-refractivity contribution in [3.63, 3.8) is 0 Å². The second-order valence-electron chi connectivity index (χ2n) is 2.85. The van der Waals surface area contributed by atoms with E-state index in [1.807, 2.05) is 0 Å². The highest BCUT2D eigenvalue weighted by Crippen LogP contribution is 2.22. The molecule has 0 aliphatic rings. The van der Waals surface area contributed by atoms with Gasteiger partial charge in [-0.1, -0.05) is 5.11 Å². The molecule has 2 aromatic rings.